The van der Waals surface area contributed by atoms with Gasteiger partial charge in [-0.05, 0) is 6.29 Å². The smallest absolute Gasteiger partial charge is 0.514 e. The van der Waals surface area contributed by atoms with Crippen molar-refractivity contribution in [2.24, 2.45) is 0 Å². The minimum atomic E-state index is 0. The number of hydrogen-bond acceptors (Lipinski definition) is 4. The van der Waals surface area contributed by atoms with Crippen molar-refractivity contribution in [3.8, 4) is 5.75 Å². The first-order valence-electron chi connectivity index (χ1n) is 5.60. The normalized spacial score (nSPS) is 8.23. The first-order valence-corrected chi connectivity index (χ1v) is 6.45. The Bertz CT molecular complexity index is 429. The molecule has 1 rings (SSSR count). The number of benzene rings is 1. The van der Waals surface area contributed by atoms with Crippen molar-refractivity contribution in [2.75, 3.05) is 13.7 Å². The number of hydrogen-bond donors (Lipinski definition) is 1. The van der Waals surface area contributed by atoms with Crippen LogP contribution < -0.4 is 108 Å². The van der Waals surface area contributed by atoms with Crippen LogP contribution in [-0.2, 0) is 11.2 Å². The Morgan fingerprint density at radius 3 is 2.32 bits per heavy atom. The van der Waals surface area contributed by atoms with Gasteiger partial charge in [-0.1, -0.05) is 31.6 Å². The number of methoxy groups -OCH3 is 1. The van der Waals surface area contributed by atoms with Gasteiger partial charge in [-0.15, -0.1) is 6.07 Å². The molecular formula is C15H17ClK2O3S-2. The second-order valence-electron chi connectivity index (χ2n) is 3.13. The summed E-state index contributed by atoms with van der Waals surface area (Å²) < 4.78 is 5.08. The van der Waals surface area contributed by atoms with Crippen molar-refractivity contribution in [1.82, 2.24) is 0 Å². The van der Waals surface area contributed by atoms with Gasteiger partial charge in [0, 0.05) is 5.02 Å². The van der Waals surface area contributed by atoms with Gasteiger partial charge < -0.3 is 39.6 Å². The molecule has 0 heterocycles. The van der Waals surface area contributed by atoms with Crippen LogP contribution in [0, 0.1) is 13.0 Å². The number of aryl methyl sites for hydroxylation is 1. The minimum absolute atomic E-state index is 0. The van der Waals surface area contributed by atoms with Crippen LogP contribution in [0.25, 0.3) is 0 Å². The molecular weight excluding hydrogens is 374 g/mol. The van der Waals surface area contributed by atoms with E-state index >= 15 is 0 Å². The zero-order chi connectivity index (χ0) is 16.0. The van der Waals surface area contributed by atoms with Gasteiger partial charge in [0.15, 0.2) is 0 Å². The van der Waals surface area contributed by atoms with Crippen LogP contribution in [0.3, 0.4) is 0 Å². The van der Waals surface area contributed by atoms with Gasteiger partial charge in [0.25, 0.3) is 0 Å². The Morgan fingerprint density at radius 1 is 1.45 bits per heavy atom. The van der Waals surface area contributed by atoms with Gasteiger partial charge in [-0.2, -0.15) is 6.07 Å². The van der Waals surface area contributed by atoms with Gasteiger partial charge in [0.2, 0.25) is 0 Å². The van der Waals surface area contributed by atoms with Crippen LogP contribution in [-0.4, -0.2) is 31.0 Å². The first kappa shape index (κ1) is 31.8. The third kappa shape index (κ3) is 14.4. The van der Waals surface area contributed by atoms with Crippen LogP contribution in [0.4, 0.5) is 0 Å². The SMILES string of the molecule is CCc1cc(Cl)c(OC)cc1[C-]=C[C-]=O.[CH-]=S.[CH2-]CO.[K+].[K+]. The van der Waals surface area contributed by atoms with Gasteiger partial charge in [0.1, 0.15) is 0 Å². The topological polar surface area (TPSA) is 46.5 Å². The van der Waals surface area contributed by atoms with E-state index in [9.17, 15) is 4.79 Å². The molecule has 0 aliphatic rings. The van der Waals surface area contributed by atoms with E-state index in [0.717, 1.165) is 17.5 Å². The van der Waals surface area contributed by atoms with Gasteiger partial charge in [-0.3, -0.25) is 11.6 Å². The van der Waals surface area contributed by atoms with Crippen molar-refractivity contribution < 1.29 is 117 Å². The Hall–Kier alpha value is 2.04. The fourth-order valence-electron chi connectivity index (χ4n) is 1.29. The fourth-order valence-corrected chi connectivity index (χ4v) is 1.55. The van der Waals surface area contributed by atoms with Crippen LogP contribution in [0.5, 0.6) is 5.75 Å². The summed E-state index contributed by atoms with van der Waals surface area (Å²) in [6.45, 7) is 5.05. The largest absolute Gasteiger partial charge is 1.00 e. The van der Waals surface area contributed by atoms with Crippen LogP contribution in [0.1, 0.15) is 18.1 Å². The van der Waals surface area contributed by atoms with Crippen LogP contribution in [0.2, 0.25) is 5.02 Å². The molecule has 0 bridgehead atoms. The Morgan fingerprint density at radius 2 is 1.95 bits per heavy atom. The van der Waals surface area contributed by atoms with E-state index in [2.05, 4.69) is 31.1 Å². The van der Waals surface area contributed by atoms with E-state index in [1.165, 1.54) is 6.08 Å². The molecule has 3 nitrogen and oxygen atoms in total. The zero-order valence-electron chi connectivity index (χ0n) is 13.5. The Labute approximate surface area is 229 Å². The molecule has 0 atom stereocenters. The zero-order valence-corrected chi connectivity index (χ0v) is 21.3. The summed E-state index contributed by atoms with van der Waals surface area (Å²) >= 11 is 9.56. The fraction of sp³-hybridized carbons (Fsp3) is 0.267. The number of aliphatic hydroxyl groups excluding tert-OH is 1. The van der Waals surface area contributed by atoms with Crippen LogP contribution >= 0.6 is 23.8 Å². The minimum Gasteiger partial charge on any atom is -0.514 e. The second kappa shape index (κ2) is 23.0. The quantitative estimate of drug-likeness (QED) is 0.258. The summed E-state index contributed by atoms with van der Waals surface area (Å²) in [6, 6.07) is 3.58. The molecule has 0 saturated carbocycles. The second-order valence-corrected chi connectivity index (χ2v) is 3.53. The van der Waals surface area contributed by atoms with Gasteiger partial charge in [-0.25, -0.2) is 11.6 Å². The molecule has 0 fully saturated rings. The first-order chi connectivity index (χ1) is 9.64. The van der Waals surface area contributed by atoms with Crippen molar-refractivity contribution >= 4 is 36.0 Å². The monoisotopic (exact) mass is 390 g/mol. The number of rotatable bonds is 4. The molecule has 1 N–H and O–H groups in total. The molecule has 0 radical (unpaired) electrons. The Balaban J connectivity index is -0.000000207. The molecule has 0 aliphatic heterocycles. The third-order valence-electron chi connectivity index (χ3n) is 2.05. The van der Waals surface area contributed by atoms with E-state index in [0.29, 0.717) is 10.8 Å². The van der Waals surface area contributed by atoms with Crippen molar-refractivity contribution in [1.29, 1.82) is 0 Å². The molecule has 22 heavy (non-hydrogen) atoms. The van der Waals surface area contributed by atoms with Crippen molar-refractivity contribution in [3.05, 3.63) is 47.4 Å². The average Bonchev–Trinajstić information content (AvgIpc) is 2.48. The maximum absolute atomic E-state index is 10.1. The molecule has 112 valence electrons. The van der Waals surface area contributed by atoms with E-state index in [1.807, 2.05) is 13.0 Å². The molecule has 1 aromatic carbocycles. The molecule has 0 unspecified atom stereocenters. The number of thiocarbonyl (C=S) groups is 1. The molecule has 1 aromatic rings. The maximum atomic E-state index is 10.1. The van der Waals surface area contributed by atoms with Crippen LogP contribution in [0.15, 0.2) is 18.2 Å². The third-order valence-corrected chi connectivity index (χ3v) is 2.34. The summed E-state index contributed by atoms with van der Waals surface area (Å²) in [5.74, 6) is 4.66. The molecule has 0 amide bonds. The number of ether oxygens (including phenoxy) is 1. The summed E-state index contributed by atoms with van der Waals surface area (Å²) in [5, 5.41) is 8.02. The van der Waals surface area contributed by atoms with E-state index in [-0.39, 0.29) is 109 Å². The molecule has 7 heteroatoms. The standard InChI is InChI=1S/C12H11ClO2.C2H5O.CHS.2K/c1-3-9-7-11(13)12(15-2)8-10(9)5-4-6-14;1-2-3;1-2;;/h4,7-8H,3H2,1-2H3;3H,1-2H2;1H;;/q-2;2*-1;2*+1. The molecule has 0 saturated heterocycles. The summed E-state index contributed by atoms with van der Waals surface area (Å²) in [6.07, 6.45) is 6.52. The summed E-state index contributed by atoms with van der Waals surface area (Å²) in [4.78, 5) is 10.1. The number of halogens is 1. The Kier molecular flexibility index (Phi) is 33.3. The number of aliphatic hydroxyl groups is 1. The average molecular weight is 391 g/mol. The van der Waals surface area contributed by atoms with Crippen molar-refractivity contribution in [2.45, 2.75) is 13.3 Å². The predicted octanol–water partition coefficient (Wildman–Crippen LogP) is -2.96. The maximum Gasteiger partial charge on any atom is 1.00 e. The molecule has 0 aromatic heterocycles. The van der Waals surface area contributed by atoms with E-state index < -0.39 is 0 Å². The van der Waals surface area contributed by atoms with E-state index in [1.54, 1.807) is 19.5 Å². The van der Waals surface area contributed by atoms with Gasteiger partial charge >= 0.3 is 103 Å². The van der Waals surface area contributed by atoms with E-state index in [4.69, 9.17) is 21.4 Å². The summed E-state index contributed by atoms with van der Waals surface area (Å²) in [5.41, 5.74) is 1.83. The number of allylic oxidation sites excluding steroid dienone is 1. The molecule has 0 aliphatic carbocycles. The predicted molar refractivity (Wildman–Crippen MR) is 86.1 cm³/mol. The number of carbonyl (C=O) groups excluding carboxylic acids is 1. The van der Waals surface area contributed by atoms with Crippen molar-refractivity contribution in [3.63, 3.8) is 0 Å². The van der Waals surface area contributed by atoms with Gasteiger partial charge in [0.05, 0.1) is 12.9 Å². The summed E-state index contributed by atoms with van der Waals surface area (Å²) in [7, 11) is 1.55. The molecule has 0 spiro atoms.